The Morgan fingerprint density at radius 3 is 2.48 bits per heavy atom. The van der Waals surface area contributed by atoms with Crippen LogP contribution >= 0.6 is 0 Å². The highest BCUT2D eigenvalue weighted by Crippen LogP contribution is 2.30. The number of carbonyl (C=O) groups is 1. The van der Waals surface area contributed by atoms with Crippen molar-refractivity contribution in [3.05, 3.63) is 66.2 Å². The Morgan fingerprint density at radius 2 is 1.81 bits per heavy atom. The third kappa shape index (κ3) is 4.11. The number of H-pyrrole nitrogens is 1. The maximum absolute atomic E-state index is 12.8. The number of hydrogen-bond acceptors (Lipinski definition) is 2. The van der Waals surface area contributed by atoms with Gasteiger partial charge in [0.05, 0.1) is 11.4 Å². The molecule has 0 spiro atoms. The second kappa shape index (κ2) is 7.78. The van der Waals surface area contributed by atoms with Crippen LogP contribution in [0.3, 0.4) is 0 Å². The number of amides is 1. The molecule has 0 saturated heterocycles. The van der Waals surface area contributed by atoms with Crippen LogP contribution < -0.4 is 0 Å². The minimum Gasteiger partial charge on any atom is -0.338 e. The topological polar surface area (TPSA) is 49.0 Å². The number of nitrogens with one attached hydrogen (secondary N) is 1. The van der Waals surface area contributed by atoms with Crippen molar-refractivity contribution >= 4 is 5.91 Å². The lowest BCUT2D eigenvalue weighted by atomic mass is 10.1. The second-order valence-electron chi connectivity index (χ2n) is 7.30. The van der Waals surface area contributed by atoms with Gasteiger partial charge in [-0.15, -0.1) is 0 Å². The molecule has 3 aromatic rings. The number of carbonyl (C=O) groups excluding carboxylic acids is 1. The summed E-state index contributed by atoms with van der Waals surface area (Å²) in [6, 6.07) is 20.0. The Kier molecular flexibility index (Phi) is 5.05. The number of nitrogens with zero attached hydrogens (tertiary/aromatic N) is 2. The first-order chi connectivity index (χ1) is 13.2. The van der Waals surface area contributed by atoms with Gasteiger partial charge in [0.25, 0.3) is 5.91 Å². The monoisotopic (exact) mass is 359 g/mol. The van der Waals surface area contributed by atoms with Crippen LogP contribution in [-0.2, 0) is 0 Å². The van der Waals surface area contributed by atoms with Crippen molar-refractivity contribution in [2.75, 3.05) is 13.1 Å². The molecule has 27 heavy (non-hydrogen) atoms. The van der Waals surface area contributed by atoms with Gasteiger partial charge >= 0.3 is 0 Å². The predicted molar refractivity (Wildman–Crippen MR) is 108 cm³/mol. The van der Waals surface area contributed by atoms with E-state index in [1.807, 2.05) is 65.6 Å². The highest BCUT2D eigenvalue weighted by molar-refractivity contribution is 5.94. The van der Waals surface area contributed by atoms with Crippen molar-refractivity contribution in [2.45, 2.75) is 26.2 Å². The van der Waals surface area contributed by atoms with Gasteiger partial charge < -0.3 is 4.90 Å². The summed E-state index contributed by atoms with van der Waals surface area (Å²) in [6.07, 6.45) is 3.51. The fourth-order valence-electron chi connectivity index (χ4n) is 3.36. The van der Waals surface area contributed by atoms with Crippen LogP contribution in [0, 0.1) is 5.92 Å². The van der Waals surface area contributed by atoms with Gasteiger partial charge in [0.2, 0.25) is 0 Å². The van der Waals surface area contributed by atoms with E-state index in [-0.39, 0.29) is 5.91 Å². The summed E-state index contributed by atoms with van der Waals surface area (Å²) >= 11 is 0. The standard InChI is InChI=1S/C23H25N3O/c1-2-14-26(16-17-8-9-17)23(27)20-12-10-19(11-13-20)22-15-21(24-25-22)18-6-4-3-5-7-18/h3-7,10-13,15,17H,2,8-9,14,16H2,1H3,(H,24,25). The molecular formula is C23H25N3O. The molecular weight excluding hydrogens is 334 g/mol. The molecule has 1 heterocycles. The maximum atomic E-state index is 12.8. The summed E-state index contributed by atoms with van der Waals surface area (Å²) in [5.74, 6) is 0.853. The van der Waals surface area contributed by atoms with Crippen LogP contribution in [0.25, 0.3) is 22.5 Å². The van der Waals surface area contributed by atoms with E-state index >= 15 is 0 Å². The van der Waals surface area contributed by atoms with Crippen LogP contribution in [0.4, 0.5) is 0 Å². The molecule has 0 radical (unpaired) electrons. The molecule has 0 atom stereocenters. The van der Waals surface area contributed by atoms with E-state index in [9.17, 15) is 4.79 Å². The predicted octanol–water partition coefficient (Wildman–Crippen LogP) is 5.01. The lowest BCUT2D eigenvalue weighted by molar-refractivity contribution is 0.0748. The molecule has 0 aliphatic heterocycles. The van der Waals surface area contributed by atoms with Crippen molar-refractivity contribution in [1.82, 2.24) is 15.1 Å². The van der Waals surface area contributed by atoms with E-state index in [4.69, 9.17) is 0 Å². The van der Waals surface area contributed by atoms with Gasteiger partial charge in [-0.2, -0.15) is 5.10 Å². The van der Waals surface area contributed by atoms with E-state index in [1.54, 1.807) is 0 Å². The summed E-state index contributed by atoms with van der Waals surface area (Å²) < 4.78 is 0. The zero-order valence-electron chi connectivity index (χ0n) is 15.7. The van der Waals surface area contributed by atoms with Crippen molar-refractivity contribution in [1.29, 1.82) is 0 Å². The highest BCUT2D eigenvalue weighted by Gasteiger charge is 2.26. The Hall–Kier alpha value is -2.88. The van der Waals surface area contributed by atoms with Crippen LogP contribution in [-0.4, -0.2) is 34.1 Å². The highest BCUT2D eigenvalue weighted by atomic mass is 16.2. The van der Waals surface area contributed by atoms with Crippen LogP contribution in [0.2, 0.25) is 0 Å². The first kappa shape index (κ1) is 17.5. The minimum atomic E-state index is 0.143. The lowest BCUT2D eigenvalue weighted by Crippen LogP contribution is -2.33. The van der Waals surface area contributed by atoms with Crippen LogP contribution in [0.5, 0.6) is 0 Å². The molecule has 0 unspecified atom stereocenters. The van der Waals surface area contributed by atoms with Crippen molar-refractivity contribution < 1.29 is 4.79 Å². The van der Waals surface area contributed by atoms with Crippen molar-refractivity contribution in [3.63, 3.8) is 0 Å². The number of aromatic amines is 1. The van der Waals surface area contributed by atoms with Gasteiger partial charge in [-0.1, -0.05) is 49.4 Å². The number of rotatable bonds is 7. The number of benzene rings is 2. The molecule has 2 aromatic carbocycles. The fraction of sp³-hybridized carbons (Fsp3) is 0.304. The molecule has 1 aromatic heterocycles. The Bertz CT molecular complexity index is 895. The van der Waals surface area contributed by atoms with Gasteiger partial charge in [0.1, 0.15) is 0 Å². The lowest BCUT2D eigenvalue weighted by Gasteiger charge is -2.22. The molecule has 4 heteroatoms. The minimum absolute atomic E-state index is 0.143. The first-order valence-corrected chi connectivity index (χ1v) is 9.75. The smallest absolute Gasteiger partial charge is 0.253 e. The van der Waals surface area contributed by atoms with Gasteiger partial charge in [-0.25, -0.2) is 0 Å². The zero-order valence-corrected chi connectivity index (χ0v) is 15.7. The average Bonchev–Trinajstić information content (AvgIpc) is 3.40. The molecule has 1 saturated carbocycles. The average molecular weight is 359 g/mol. The van der Waals surface area contributed by atoms with E-state index in [1.165, 1.54) is 12.8 Å². The summed E-state index contributed by atoms with van der Waals surface area (Å²) in [6.45, 7) is 3.85. The fourth-order valence-corrected chi connectivity index (χ4v) is 3.36. The molecule has 1 aliphatic rings. The van der Waals surface area contributed by atoms with Gasteiger partial charge in [0.15, 0.2) is 0 Å². The van der Waals surface area contributed by atoms with Crippen molar-refractivity contribution in [3.8, 4) is 22.5 Å². The molecule has 0 bridgehead atoms. The largest absolute Gasteiger partial charge is 0.338 e. The Morgan fingerprint density at radius 1 is 1.07 bits per heavy atom. The zero-order chi connectivity index (χ0) is 18.6. The SMILES string of the molecule is CCCN(CC1CC1)C(=O)c1ccc(-c2cc(-c3ccccc3)n[nH]2)cc1. The van der Waals surface area contributed by atoms with Crippen molar-refractivity contribution in [2.24, 2.45) is 5.92 Å². The number of aromatic nitrogens is 2. The summed E-state index contributed by atoms with van der Waals surface area (Å²) in [5.41, 5.74) is 4.75. The Balaban J connectivity index is 1.50. The summed E-state index contributed by atoms with van der Waals surface area (Å²) in [5, 5.41) is 7.51. The van der Waals surface area contributed by atoms with Crippen LogP contribution in [0.15, 0.2) is 60.7 Å². The molecule has 4 nitrogen and oxygen atoms in total. The molecule has 1 N–H and O–H groups in total. The quantitative estimate of drug-likeness (QED) is 0.645. The third-order valence-electron chi connectivity index (χ3n) is 5.05. The van der Waals surface area contributed by atoms with Gasteiger partial charge in [0, 0.05) is 24.2 Å². The third-order valence-corrected chi connectivity index (χ3v) is 5.05. The summed E-state index contributed by atoms with van der Waals surface area (Å²) in [7, 11) is 0. The molecule has 138 valence electrons. The molecule has 4 rings (SSSR count). The van der Waals surface area contributed by atoms with Gasteiger partial charge in [-0.05, 0) is 48.9 Å². The number of hydrogen-bond donors (Lipinski definition) is 1. The summed E-state index contributed by atoms with van der Waals surface area (Å²) in [4.78, 5) is 14.9. The van der Waals surface area contributed by atoms with Crippen LogP contribution in [0.1, 0.15) is 36.5 Å². The normalized spacial score (nSPS) is 13.5. The second-order valence-corrected chi connectivity index (χ2v) is 7.30. The molecule has 1 fully saturated rings. The van der Waals surface area contributed by atoms with E-state index in [2.05, 4.69) is 17.1 Å². The van der Waals surface area contributed by atoms with E-state index < -0.39 is 0 Å². The molecule has 1 amide bonds. The maximum Gasteiger partial charge on any atom is 0.253 e. The molecule has 1 aliphatic carbocycles. The van der Waals surface area contributed by atoms with E-state index in [0.717, 1.165) is 47.6 Å². The van der Waals surface area contributed by atoms with E-state index in [0.29, 0.717) is 5.92 Å². The Labute approximate surface area is 160 Å². The first-order valence-electron chi connectivity index (χ1n) is 9.75. The van der Waals surface area contributed by atoms with Gasteiger partial charge in [-0.3, -0.25) is 9.89 Å².